The fraction of sp³-hybridized carbons (Fsp3) is 0.400. The van der Waals surface area contributed by atoms with Crippen LogP contribution in [-0.2, 0) is 6.54 Å². The zero-order valence-corrected chi connectivity index (χ0v) is 11.9. The van der Waals surface area contributed by atoms with Gasteiger partial charge in [0.05, 0.1) is 5.69 Å². The van der Waals surface area contributed by atoms with Crippen LogP contribution in [0.25, 0.3) is 11.1 Å². The molecule has 1 unspecified atom stereocenters. The Balaban J connectivity index is 2.71. The van der Waals surface area contributed by atoms with Crippen molar-refractivity contribution in [2.75, 3.05) is 0 Å². The quantitative estimate of drug-likeness (QED) is 0.920. The summed E-state index contributed by atoms with van der Waals surface area (Å²) in [6.45, 7) is 8.71. The van der Waals surface area contributed by atoms with Crippen molar-refractivity contribution in [2.24, 2.45) is 5.73 Å². The highest BCUT2D eigenvalue weighted by Crippen LogP contribution is 2.32. The summed E-state index contributed by atoms with van der Waals surface area (Å²) in [5.41, 5.74) is 10.7. The van der Waals surface area contributed by atoms with Crippen molar-refractivity contribution in [3.05, 3.63) is 41.0 Å². The predicted molar refractivity (Wildman–Crippen MR) is 75.4 cm³/mol. The molecule has 1 heterocycles. The standard InChI is InChI=1S/C15H20FN3/c1-5-19-11(4)15(10(3)18-19)14-8-12(16)6-7-13(14)9(2)17/h6-9H,5,17H2,1-4H3. The maximum atomic E-state index is 13.6. The van der Waals surface area contributed by atoms with Crippen LogP contribution in [0.5, 0.6) is 0 Å². The van der Waals surface area contributed by atoms with Crippen LogP contribution < -0.4 is 5.73 Å². The first kappa shape index (κ1) is 13.7. The van der Waals surface area contributed by atoms with E-state index >= 15 is 0 Å². The topological polar surface area (TPSA) is 43.8 Å². The van der Waals surface area contributed by atoms with Crippen LogP contribution in [-0.4, -0.2) is 9.78 Å². The molecule has 2 aromatic rings. The van der Waals surface area contributed by atoms with Crippen molar-refractivity contribution in [1.29, 1.82) is 0 Å². The van der Waals surface area contributed by atoms with E-state index in [4.69, 9.17) is 5.73 Å². The molecule has 4 heteroatoms. The van der Waals surface area contributed by atoms with Gasteiger partial charge in [-0.3, -0.25) is 4.68 Å². The molecule has 0 saturated heterocycles. The number of hydrogen-bond acceptors (Lipinski definition) is 2. The fourth-order valence-electron chi connectivity index (χ4n) is 2.54. The zero-order valence-electron chi connectivity index (χ0n) is 11.9. The van der Waals surface area contributed by atoms with Crippen LogP contribution >= 0.6 is 0 Å². The Morgan fingerprint density at radius 2 is 2.05 bits per heavy atom. The van der Waals surface area contributed by atoms with E-state index in [1.54, 1.807) is 12.1 Å². The summed E-state index contributed by atoms with van der Waals surface area (Å²) >= 11 is 0. The van der Waals surface area contributed by atoms with Gasteiger partial charge in [0, 0.05) is 23.8 Å². The van der Waals surface area contributed by atoms with Crippen LogP contribution in [0.3, 0.4) is 0 Å². The lowest BCUT2D eigenvalue weighted by atomic mass is 9.94. The number of aryl methyl sites for hydroxylation is 2. The van der Waals surface area contributed by atoms with Gasteiger partial charge in [0.1, 0.15) is 5.82 Å². The highest BCUT2D eigenvalue weighted by atomic mass is 19.1. The lowest BCUT2D eigenvalue weighted by molar-refractivity contribution is 0.626. The molecule has 0 radical (unpaired) electrons. The van der Waals surface area contributed by atoms with Gasteiger partial charge in [0.25, 0.3) is 0 Å². The second-order valence-electron chi connectivity index (χ2n) is 4.88. The Morgan fingerprint density at radius 1 is 1.37 bits per heavy atom. The van der Waals surface area contributed by atoms with E-state index in [2.05, 4.69) is 5.10 Å². The molecule has 3 nitrogen and oxygen atoms in total. The Morgan fingerprint density at radius 3 is 2.58 bits per heavy atom. The first-order chi connectivity index (χ1) is 8.95. The van der Waals surface area contributed by atoms with Crippen LogP contribution in [0.15, 0.2) is 18.2 Å². The van der Waals surface area contributed by atoms with Crippen molar-refractivity contribution in [2.45, 2.75) is 40.3 Å². The average molecular weight is 261 g/mol. The maximum Gasteiger partial charge on any atom is 0.123 e. The van der Waals surface area contributed by atoms with Gasteiger partial charge in [-0.1, -0.05) is 6.07 Å². The third kappa shape index (κ3) is 2.40. The van der Waals surface area contributed by atoms with Gasteiger partial charge in [0.15, 0.2) is 0 Å². The summed E-state index contributed by atoms with van der Waals surface area (Å²) in [5, 5.41) is 4.49. The Hall–Kier alpha value is -1.68. The van der Waals surface area contributed by atoms with E-state index < -0.39 is 0 Å². The number of halogens is 1. The second-order valence-corrected chi connectivity index (χ2v) is 4.88. The largest absolute Gasteiger partial charge is 0.324 e. The van der Waals surface area contributed by atoms with Gasteiger partial charge in [-0.05, 0) is 51.0 Å². The first-order valence-electron chi connectivity index (χ1n) is 6.55. The van der Waals surface area contributed by atoms with E-state index in [0.29, 0.717) is 0 Å². The first-order valence-corrected chi connectivity index (χ1v) is 6.55. The number of rotatable bonds is 3. The second kappa shape index (κ2) is 5.13. The molecule has 0 bridgehead atoms. The third-order valence-corrected chi connectivity index (χ3v) is 3.46. The molecule has 2 N–H and O–H groups in total. The fourth-order valence-corrected chi connectivity index (χ4v) is 2.54. The van der Waals surface area contributed by atoms with E-state index in [1.807, 2.05) is 32.4 Å². The van der Waals surface area contributed by atoms with Gasteiger partial charge in [-0.15, -0.1) is 0 Å². The summed E-state index contributed by atoms with van der Waals surface area (Å²) in [4.78, 5) is 0. The van der Waals surface area contributed by atoms with E-state index in [0.717, 1.165) is 34.6 Å². The van der Waals surface area contributed by atoms with Gasteiger partial charge in [-0.25, -0.2) is 4.39 Å². The van der Waals surface area contributed by atoms with Gasteiger partial charge < -0.3 is 5.73 Å². The lowest BCUT2D eigenvalue weighted by Gasteiger charge is -2.13. The number of aromatic nitrogens is 2. The molecule has 0 aliphatic heterocycles. The van der Waals surface area contributed by atoms with Crippen molar-refractivity contribution < 1.29 is 4.39 Å². The number of benzene rings is 1. The molecule has 1 aromatic carbocycles. The number of nitrogens with two attached hydrogens (primary N) is 1. The normalized spacial score (nSPS) is 12.7. The summed E-state index contributed by atoms with van der Waals surface area (Å²) in [5.74, 6) is -0.248. The summed E-state index contributed by atoms with van der Waals surface area (Å²) in [6, 6.07) is 4.63. The smallest absolute Gasteiger partial charge is 0.123 e. The highest BCUT2D eigenvalue weighted by molar-refractivity contribution is 5.72. The molecule has 0 fully saturated rings. The average Bonchev–Trinajstić information content (AvgIpc) is 2.63. The summed E-state index contributed by atoms with van der Waals surface area (Å²) in [7, 11) is 0. The molecule has 0 amide bonds. The molecule has 1 atom stereocenters. The summed E-state index contributed by atoms with van der Waals surface area (Å²) in [6.07, 6.45) is 0. The SMILES string of the molecule is CCn1nc(C)c(-c2cc(F)ccc2C(C)N)c1C. The molecule has 0 saturated carbocycles. The Bertz CT molecular complexity index is 600. The molecule has 1 aromatic heterocycles. The maximum absolute atomic E-state index is 13.6. The van der Waals surface area contributed by atoms with E-state index in [-0.39, 0.29) is 11.9 Å². The van der Waals surface area contributed by atoms with Crippen molar-refractivity contribution >= 4 is 0 Å². The molecule has 102 valence electrons. The lowest BCUT2D eigenvalue weighted by Crippen LogP contribution is -2.07. The molecule has 2 rings (SSSR count). The molecule has 0 aliphatic carbocycles. The minimum Gasteiger partial charge on any atom is -0.324 e. The predicted octanol–water partition coefficient (Wildman–Crippen LogP) is 3.35. The van der Waals surface area contributed by atoms with Crippen molar-refractivity contribution in [1.82, 2.24) is 9.78 Å². The van der Waals surface area contributed by atoms with Crippen molar-refractivity contribution in [3.8, 4) is 11.1 Å². The number of hydrogen-bond donors (Lipinski definition) is 1. The van der Waals surface area contributed by atoms with Crippen LogP contribution in [0.4, 0.5) is 4.39 Å². The van der Waals surface area contributed by atoms with Crippen LogP contribution in [0.2, 0.25) is 0 Å². The highest BCUT2D eigenvalue weighted by Gasteiger charge is 2.18. The van der Waals surface area contributed by atoms with E-state index in [9.17, 15) is 4.39 Å². The number of nitrogens with zero attached hydrogens (tertiary/aromatic N) is 2. The van der Waals surface area contributed by atoms with Gasteiger partial charge in [-0.2, -0.15) is 5.10 Å². The zero-order chi connectivity index (χ0) is 14.2. The monoisotopic (exact) mass is 261 g/mol. The van der Waals surface area contributed by atoms with Gasteiger partial charge in [0.2, 0.25) is 0 Å². The van der Waals surface area contributed by atoms with Crippen molar-refractivity contribution in [3.63, 3.8) is 0 Å². The van der Waals surface area contributed by atoms with Crippen LogP contribution in [0, 0.1) is 19.7 Å². The summed E-state index contributed by atoms with van der Waals surface area (Å²) < 4.78 is 15.5. The Kier molecular flexibility index (Phi) is 3.71. The van der Waals surface area contributed by atoms with Gasteiger partial charge >= 0.3 is 0 Å². The molecule has 19 heavy (non-hydrogen) atoms. The third-order valence-electron chi connectivity index (χ3n) is 3.46. The molecule has 0 aliphatic rings. The molecule has 0 spiro atoms. The van der Waals surface area contributed by atoms with Crippen LogP contribution in [0.1, 0.15) is 36.8 Å². The minimum atomic E-state index is -0.248. The minimum absolute atomic E-state index is 0.139. The molecular weight excluding hydrogens is 241 g/mol. The Labute approximate surface area is 113 Å². The van der Waals surface area contributed by atoms with E-state index in [1.165, 1.54) is 6.07 Å². The molecular formula is C15H20FN3.